The van der Waals surface area contributed by atoms with Crippen LogP contribution in [0.4, 0.5) is 51.2 Å². The minimum Gasteiger partial charge on any atom is -0.311 e. The molecule has 0 saturated heterocycles. The summed E-state index contributed by atoms with van der Waals surface area (Å²) in [5.41, 5.74) is 28.8. The van der Waals surface area contributed by atoms with Gasteiger partial charge in [-0.1, -0.05) is 218 Å². The minimum atomic E-state index is -0.262. The van der Waals surface area contributed by atoms with Crippen LogP contribution in [0.25, 0.3) is 20.2 Å². The smallest absolute Gasteiger partial charge is 0.252 e. The number of hydrogen-bond acceptors (Lipinski definition) is 4. The Labute approximate surface area is 515 Å². The van der Waals surface area contributed by atoms with Gasteiger partial charge in [0.25, 0.3) is 6.71 Å². The Balaban J connectivity index is 1.04. The Kier molecular flexibility index (Phi) is 11.7. The highest BCUT2D eigenvalue weighted by molar-refractivity contribution is 7.26. The molecular weight excluding hydrogens is 1060 g/mol. The molecule has 3 heterocycles. The van der Waals surface area contributed by atoms with Crippen LogP contribution in [-0.4, -0.2) is 6.71 Å². The molecule has 0 unspecified atom stereocenters. The molecule has 5 heteroatoms. The number of fused-ring (bicyclic) bond motifs is 11. The molecule has 0 spiro atoms. The van der Waals surface area contributed by atoms with Crippen LogP contribution in [0, 0.1) is 6.92 Å². The van der Waals surface area contributed by atoms with Crippen molar-refractivity contribution >= 4 is 106 Å². The zero-order chi connectivity index (χ0) is 59.9. The van der Waals surface area contributed by atoms with E-state index in [4.69, 9.17) is 0 Å². The lowest BCUT2D eigenvalue weighted by Gasteiger charge is -2.48. The molecular formula is C81H78BN3S. The van der Waals surface area contributed by atoms with Crippen molar-refractivity contribution in [1.29, 1.82) is 0 Å². The summed E-state index contributed by atoms with van der Waals surface area (Å²) in [4.78, 5) is 7.84. The number of thiophene rings is 1. The lowest BCUT2D eigenvalue weighted by molar-refractivity contribution is 0.520. The van der Waals surface area contributed by atoms with Crippen LogP contribution in [0.3, 0.4) is 0 Å². The third-order valence-electron chi connectivity index (χ3n) is 20.7. The van der Waals surface area contributed by atoms with Gasteiger partial charge in [0.15, 0.2) is 0 Å². The molecule has 10 aromatic carbocycles. The van der Waals surface area contributed by atoms with Gasteiger partial charge in [-0.05, 0) is 174 Å². The fraction of sp³-hybridized carbons (Fsp3) is 0.259. The van der Waals surface area contributed by atoms with Gasteiger partial charge in [-0.25, -0.2) is 0 Å². The topological polar surface area (TPSA) is 9.72 Å². The van der Waals surface area contributed by atoms with Gasteiger partial charge in [0.05, 0.1) is 10.4 Å². The second kappa shape index (κ2) is 18.5. The number of hydrogen-bond donors (Lipinski definition) is 0. The molecule has 0 saturated carbocycles. The van der Waals surface area contributed by atoms with E-state index in [2.05, 4.69) is 319 Å². The molecule has 0 atom stereocenters. The van der Waals surface area contributed by atoms with Crippen LogP contribution in [0.1, 0.15) is 158 Å². The van der Waals surface area contributed by atoms with Crippen molar-refractivity contribution in [3.05, 3.63) is 261 Å². The average Bonchev–Trinajstić information content (AvgIpc) is 0.718. The van der Waals surface area contributed by atoms with Gasteiger partial charge >= 0.3 is 0 Å². The highest BCUT2D eigenvalue weighted by Crippen LogP contribution is 2.56. The standard InChI is InChI=1S/C81H78BN3S/c1-49-43-71-74-72(44-49)85(68-29-22-24-57-56-23-16-21-30-73(56)86-75(57)68)69-46-55(83(52-35-31-50(32-36-52)76(2,3)4)53-37-33-51(34-38-53)77(5,6)7)40-42-66(69)82(74)67-47-64-65(81(14,15)61-28-20-19-27-60(61)80(64,12)13)48-70(67)84(71)54-39-41-62-63(45-54)79(10,11)59-26-18-17-25-58(59)78(62,8)9/h16-48H,1-15H3. The summed E-state index contributed by atoms with van der Waals surface area (Å²) in [6.07, 6.45) is 0. The lowest BCUT2D eigenvalue weighted by Crippen LogP contribution is -2.62. The summed E-state index contributed by atoms with van der Waals surface area (Å²) in [6.45, 7) is 35.6. The predicted octanol–water partition coefficient (Wildman–Crippen LogP) is 20.4. The quantitative estimate of drug-likeness (QED) is 0.159. The van der Waals surface area contributed by atoms with Gasteiger partial charge in [0.1, 0.15) is 0 Å². The number of benzene rings is 10. The van der Waals surface area contributed by atoms with Crippen molar-refractivity contribution in [2.45, 2.75) is 136 Å². The Hall–Kier alpha value is -8.12. The van der Waals surface area contributed by atoms with Crippen LogP contribution in [0.5, 0.6) is 0 Å². The molecule has 15 rings (SSSR count). The Bertz CT molecular complexity index is 4580. The molecule has 0 N–H and O–H groups in total. The number of anilines is 9. The largest absolute Gasteiger partial charge is 0.311 e. The first kappa shape index (κ1) is 54.5. The second-order valence-corrected chi connectivity index (χ2v) is 30.6. The summed E-state index contributed by atoms with van der Waals surface area (Å²) in [6, 6.07) is 78.3. The van der Waals surface area contributed by atoms with Gasteiger partial charge in [-0.3, -0.25) is 0 Å². The number of aryl methyl sites for hydroxylation is 1. The van der Waals surface area contributed by atoms with Gasteiger partial charge in [-0.2, -0.15) is 0 Å². The highest BCUT2D eigenvalue weighted by Gasteiger charge is 2.49. The maximum atomic E-state index is 2.69. The molecule has 2 aliphatic carbocycles. The summed E-state index contributed by atoms with van der Waals surface area (Å²) in [5.74, 6) is 0. The van der Waals surface area contributed by atoms with E-state index >= 15 is 0 Å². The van der Waals surface area contributed by atoms with E-state index < -0.39 is 0 Å². The van der Waals surface area contributed by atoms with Gasteiger partial charge in [0, 0.05) is 82.6 Å². The Morgan fingerprint density at radius 1 is 0.372 bits per heavy atom. The van der Waals surface area contributed by atoms with E-state index in [1.807, 2.05) is 11.3 Å². The first-order valence-corrected chi connectivity index (χ1v) is 32.0. The molecule has 86 heavy (non-hydrogen) atoms. The van der Waals surface area contributed by atoms with Crippen LogP contribution in [-0.2, 0) is 32.5 Å². The molecule has 0 radical (unpaired) electrons. The van der Waals surface area contributed by atoms with Gasteiger partial charge in [-0.15, -0.1) is 11.3 Å². The first-order valence-electron chi connectivity index (χ1n) is 31.2. The van der Waals surface area contributed by atoms with Gasteiger partial charge < -0.3 is 14.7 Å². The minimum absolute atomic E-state index is 0.0150. The molecule has 3 nitrogen and oxygen atoms in total. The van der Waals surface area contributed by atoms with E-state index in [0.717, 1.165) is 17.1 Å². The third-order valence-corrected chi connectivity index (χ3v) is 21.9. The zero-order valence-corrected chi connectivity index (χ0v) is 53.7. The first-order chi connectivity index (χ1) is 40.8. The Morgan fingerprint density at radius 3 is 1.41 bits per heavy atom. The van der Waals surface area contributed by atoms with Crippen LogP contribution < -0.4 is 31.1 Å². The molecule has 0 fully saturated rings. The van der Waals surface area contributed by atoms with Crippen molar-refractivity contribution in [3.63, 3.8) is 0 Å². The van der Waals surface area contributed by atoms with Gasteiger partial charge in [0.2, 0.25) is 0 Å². The molecule has 426 valence electrons. The van der Waals surface area contributed by atoms with Crippen LogP contribution >= 0.6 is 11.3 Å². The highest BCUT2D eigenvalue weighted by atomic mass is 32.1. The summed E-state index contributed by atoms with van der Waals surface area (Å²) in [5, 5.41) is 2.58. The van der Waals surface area contributed by atoms with E-state index in [1.54, 1.807) is 0 Å². The summed E-state index contributed by atoms with van der Waals surface area (Å²) < 4.78 is 2.59. The summed E-state index contributed by atoms with van der Waals surface area (Å²) in [7, 11) is 0. The fourth-order valence-corrected chi connectivity index (χ4v) is 17.1. The normalized spacial score (nSPS) is 16.4. The zero-order valence-electron chi connectivity index (χ0n) is 52.9. The molecule has 2 aliphatic heterocycles. The van der Waals surface area contributed by atoms with Crippen molar-refractivity contribution in [2.24, 2.45) is 0 Å². The average molecular weight is 1140 g/mol. The van der Waals surface area contributed by atoms with E-state index in [0.29, 0.717) is 0 Å². The molecule has 1 aromatic heterocycles. The van der Waals surface area contributed by atoms with E-state index in [1.165, 1.54) is 132 Å². The maximum absolute atomic E-state index is 2.69. The van der Waals surface area contributed by atoms with Crippen LogP contribution in [0.15, 0.2) is 200 Å². The van der Waals surface area contributed by atoms with Crippen molar-refractivity contribution in [3.8, 4) is 0 Å². The fourth-order valence-electron chi connectivity index (χ4n) is 15.9. The Morgan fingerprint density at radius 2 is 0.837 bits per heavy atom. The molecule has 4 aliphatic rings. The van der Waals surface area contributed by atoms with E-state index in [-0.39, 0.29) is 39.2 Å². The SMILES string of the molecule is Cc1cc2c3c(c1)N(c1cccc4c1sc1ccccc14)c1cc(N(c4ccc(C(C)(C)C)cc4)c4ccc(C(C)(C)C)cc4)ccc1B3c1cc3c(cc1N2c1ccc2c(c1)C(C)(C)c1ccccc1C2(C)C)C(C)(C)c1ccccc1C3(C)C. The van der Waals surface area contributed by atoms with E-state index in [9.17, 15) is 0 Å². The molecule has 0 amide bonds. The second-order valence-electron chi connectivity index (χ2n) is 29.5. The van der Waals surface area contributed by atoms with Crippen molar-refractivity contribution in [2.75, 3.05) is 14.7 Å². The molecule has 11 aromatic rings. The summed E-state index contributed by atoms with van der Waals surface area (Å²) >= 11 is 1.91. The van der Waals surface area contributed by atoms with Crippen molar-refractivity contribution < 1.29 is 0 Å². The van der Waals surface area contributed by atoms with Crippen LogP contribution in [0.2, 0.25) is 0 Å². The molecule has 0 bridgehead atoms. The third kappa shape index (κ3) is 7.85. The lowest BCUT2D eigenvalue weighted by atomic mass is 9.33. The monoisotopic (exact) mass is 1140 g/mol. The number of rotatable bonds is 5. The maximum Gasteiger partial charge on any atom is 0.252 e. The number of nitrogens with zero attached hydrogens (tertiary/aromatic N) is 3. The van der Waals surface area contributed by atoms with Crippen molar-refractivity contribution in [1.82, 2.24) is 0 Å². The predicted molar refractivity (Wildman–Crippen MR) is 372 cm³/mol.